The Kier molecular flexibility index (Phi) is 3.00. The Morgan fingerprint density at radius 3 is 2.80 bits per heavy atom. The van der Waals surface area contributed by atoms with Gasteiger partial charge >= 0.3 is 0 Å². The predicted molar refractivity (Wildman–Crippen MR) is 75.2 cm³/mol. The fourth-order valence-corrected chi connectivity index (χ4v) is 2.06. The predicted octanol–water partition coefficient (Wildman–Crippen LogP) is 2.33. The van der Waals surface area contributed by atoms with Gasteiger partial charge in [0, 0.05) is 11.1 Å². The van der Waals surface area contributed by atoms with Crippen LogP contribution in [0.4, 0.5) is 5.82 Å². The van der Waals surface area contributed by atoms with Crippen molar-refractivity contribution >= 4 is 17.4 Å². The van der Waals surface area contributed by atoms with E-state index >= 15 is 0 Å². The molecule has 0 radical (unpaired) electrons. The molecule has 0 atom stereocenters. The SMILES string of the molecule is Nc1noc(-c2ccc(=O)[nH]n2)c1-c1cccc(Cl)c1. The normalized spacial score (nSPS) is 10.7. The van der Waals surface area contributed by atoms with Crippen LogP contribution in [-0.4, -0.2) is 15.4 Å². The van der Waals surface area contributed by atoms with E-state index in [1.54, 1.807) is 18.2 Å². The van der Waals surface area contributed by atoms with Crippen LogP contribution in [0.25, 0.3) is 22.6 Å². The fraction of sp³-hybridized carbons (Fsp3) is 0. The molecule has 0 unspecified atom stereocenters. The third-order valence-corrected chi connectivity index (χ3v) is 2.98. The molecule has 0 saturated carbocycles. The van der Waals surface area contributed by atoms with Gasteiger partial charge in [0.15, 0.2) is 11.6 Å². The highest BCUT2D eigenvalue weighted by Gasteiger charge is 2.19. The molecule has 6 nitrogen and oxygen atoms in total. The molecule has 2 heterocycles. The number of nitrogens with zero attached hydrogens (tertiary/aromatic N) is 2. The zero-order chi connectivity index (χ0) is 14.1. The van der Waals surface area contributed by atoms with E-state index in [9.17, 15) is 4.79 Å². The minimum Gasteiger partial charge on any atom is -0.380 e. The number of H-pyrrole nitrogens is 1. The van der Waals surface area contributed by atoms with Gasteiger partial charge in [-0.05, 0) is 23.8 Å². The van der Waals surface area contributed by atoms with Crippen LogP contribution in [-0.2, 0) is 0 Å². The number of aromatic nitrogens is 3. The summed E-state index contributed by atoms with van der Waals surface area (Å²) in [6, 6.07) is 10.0. The van der Waals surface area contributed by atoms with Crippen molar-refractivity contribution in [1.82, 2.24) is 15.4 Å². The van der Waals surface area contributed by atoms with Gasteiger partial charge in [0.1, 0.15) is 5.69 Å². The van der Waals surface area contributed by atoms with Crippen molar-refractivity contribution in [3.8, 4) is 22.6 Å². The van der Waals surface area contributed by atoms with Crippen molar-refractivity contribution < 1.29 is 4.52 Å². The summed E-state index contributed by atoms with van der Waals surface area (Å²) in [7, 11) is 0. The topological polar surface area (TPSA) is 97.8 Å². The first-order valence-electron chi connectivity index (χ1n) is 5.72. The molecule has 0 aliphatic carbocycles. The number of benzene rings is 1. The van der Waals surface area contributed by atoms with E-state index in [0.29, 0.717) is 22.0 Å². The van der Waals surface area contributed by atoms with Gasteiger partial charge in [-0.1, -0.05) is 28.9 Å². The summed E-state index contributed by atoms with van der Waals surface area (Å²) in [6.45, 7) is 0. The number of nitrogens with two attached hydrogens (primary N) is 1. The Morgan fingerprint density at radius 2 is 2.10 bits per heavy atom. The van der Waals surface area contributed by atoms with Gasteiger partial charge in [-0.3, -0.25) is 4.79 Å². The zero-order valence-corrected chi connectivity index (χ0v) is 10.9. The monoisotopic (exact) mass is 288 g/mol. The maximum Gasteiger partial charge on any atom is 0.264 e. The smallest absolute Gasteiger partial charge is 0.264 e. The van der Waals surface area contributed by atoms with Crippen LogP contribution in [0.5, 0.6) is 0 Å². The molecule has 100 valence electrons. The van der Waals surface area contributed by atoms with Crippen molar-refractivity contribution in [3.63, 3.8) is 0 Å². The minimum atomic E-state index is -0.300. The highest BCUT2D eigenvalue weighted by molar-refractivity contribution is 6.30. The number of nitrogen functional groups attached to an aromatic ring is 1. The summed E-state index contributed by atoms with van der Waals surface area (Å²) >= 11 is 5.98. The largest absolute Gasteiger partial charge is 0.380 e. The maximum absolute atomic E-state index is 11.1. The lowest BCUT2D eigenvalue weighted by molar-refractivity contribution is 0.434. The first-order chi connectivity index (χ1) is 9.65. The first-order valence-corrected chi connectivity index (χ1v) is 6.10. The third-order valence-electron chi connectivity index (χ3n) is 2.74. The van der Waals surface area contributed by atoms with Crippen LogP contribution >= 0.6 is 11.6 Å². The Bertz CT molecular complexity index is 805. The molecule has 3 aromatic rings. The highest BCUT2D eigenvalue weighted by Crippen LogP contribution is 2.36. The number of anilines is 1. The standard InChI is InChI=1S/C13H9ClN4O2/c14-8-3-1-2-7(6-8)11-12(20-18-13(11)15)9-4-5-10(19)17-16-9/h1-6H,(H2,15,18)(H,17,19). The second kappa shape index (κ2) is 4.82. The molecule has 3 N–H and O–H groups in total. The van der Waals surface area contributed by atoms with E-state index in [4.69, 9.17) is 21.9 Å². The van der Waals surface area contributed by atoms with E-state index in [2.05, 4.69) is 15.4 Å². The Morgan fingerprint density at radius 1 is 1.25 bits per heavy atom. The molecule has 0 aliphatic heterocycles. The van der Waals surface area contributed by atoms with Gasteiger partial charge in [-0.25, -0.2) is 5.10 Å². The van der Waals surface area contributed by atoms with E-state index in [1.807, 2.05) is 6.07 Å². The number of hydrogen-bond donors (Lipinski definition) is 2. The molecular formula is C13H9ClN4O2. The average molecular weight is 289 g/mol. The lowest BCUT2D eigenvalue weighted by Crippen LogP contribution is -2.05. The number of rotatable bonds is 2. The molecule has 0 amide bonds. The van der Waals surface area contributed by atoms with Crippen molar-refractivity contribution in [2.45, 2.75) is 0 Å². The average Bonchev–Trinajstić information content (AvgIpc) is 2.81. The number of nitrogens with one attached hydrogen (secondary N) is 1. The van der Waals surface area contributed by atoms with Crippen molar-refractivity contribution in [2.24, 2.45) is 0 Å². The molecule has 3 rings (SSSR count). The van der Waals surface area contributed by atoms with Gasteiger partial charge in [0.05, 0.1) is 5.56 Å². The summed E-state index contributed by atoms with van der Waals surface area (Å²) in [5.41, 5.74) is 7.33. The molecule has 1 aromatic carbocycles. The van der Waals surface area contributed by atoms with Crippen LogP contribution < -0.4 is 11.3 Å². The summed E-state index contributed by atoms with van der Waals surface area (Å²) in [4.78, 5) is 11.1. The molecule has 20 heavy (non-hydrogen) atoms. The molecule has 2 aromatic heterocycles. The molecule has 7 heteroatoms. The van der Waals surface area contributed by atoms with E-state index in [1.165, 1.54) is 12.1 Å². The van der Waals surface area contributed by atoms with Crippen LogP contribution in [0.3, 0.4) is 0 Å². The van der Waals surface area contributed by atoms with Crippen molar-refractivity contribution in [1.29, 1.82) is 0 Å². The summed E-state index contributed by atoms with van der Waals surface area (Å²) in [6.07, 6.45) is 0. The van der Waals surface area contributed by atoms with E-state index < -0.39 is 0 Å². The van der Waals surface area contributed by atoms with Crippen LogP contribution in [0.15, 0.2) is 45.7 Å². The minimum absolute atomic E-state index is 0.232. The van der Waals surface area contributed by atoms with Crippen LogP contribution in [0, 0.1) is 0 Å². The summed E-state index contributed by atoms with van der Waals surface area (Å²) in [5, 5.41) is 10.6. The van der Waals surface area contributed by atoms with Crippen LogP contribution in [0.1, 0.15) is 0 Å². The van der Waals surface area contributed by atoms with Crippen LogP contribution in [0.2, 0.25) is 5.02 Å². The molecule has 0 aliphatic rings. The van der Waals surface area contributed by atoms with Gasteiger partial charge in [-0.15, -0.1) is 0 Å². The lowest BCUT2D eigenvalue weighted by Gasteiger charge is -2.02. The first kappa shape index (κ1) is 12.4. The van der Waals surface area contributed by atoms with Crippen molar-refractivity contribution in [3.05, 3.63) is 51.8 Å². The lowest BCUT2D eigenvalue weighted by atomic mass is 10.0. The maximum atomic E-state index is 11.1. The van der Waals surface area contributed by atoms with Gasteiger partial charge < -0.3 is 10.3 Å². The van der Waals surface area contributed by atoms with Gasteiger partial charge in [0.2, 0.25) is 0 Å². The van der Waals surface area contributed by atoms with E-state index in [0.717, 1.165) is 5.56 Å². The second-order valence-electron chi connectivity index (χ2n) is 4.09. The number of halogens is 1. The number of hydrogen-bond acceptors (Lipinski definition) is 5. The Labute approximate surface area is 118 Å². The zero-order valence-electron chi connectivity index (χ0n) is 10.1. The Balaban J connectivity index is 2.19. The molecular weight excluding hydrogens is 280 g/mol. The summed E-state index contributed by atoms with van der Waals surface area (Å²) in [5.74, 6) is 0.608. The second-order valence-corrected chi connectivity index (χ2v) is 4.53. The van der Waals surface area contributed by atoms with E-state index in [-0.39, 0.29) is 11.4 Å². The van der Waals surface area contributed by atoms with Gasteiger partial charge in [-0.2, -0.15) is 5.10 Å². The fourth-order valence-electron chi connectivity index (χ4n) is 1.87. The molecule has 0 spiro atoms. The third kappa shape index (κ3) is 2.17. The highest BCUT2D eigenvalue weighted by atomic mass is 35.5. The molecule has 0 bridgehead atoms. The molecule has 0 fully saturated rings. The molecule has 0 saturated heterocycles. The Hall–Kier alpha value is -2.60. The quantitative estimate of drug-likeness (QED) is 0.754. The number of aromatic amines is 1. The summed E-state index contributed by atoms with van der Waals surface area (Å²) < 4.78 is 5.21. The van der Waals surface area contributed by atoms with Crippen molar-refractivity contribution in [2.75, 3.05) is 5.73 Å². The van der Waals surface area contributed by atoms with Gasteiger partial charge in [0.25, 0.3) is 5.56 Å².